The molecular formula is C12H12N4O3S. The van der Waals surface area contributed by atoms with E-state index in [1.54, 1.807) is 30.3 Å². The number of benzene rings is 1. The van der Waals surface area contributed by atoms with Crippen molar-refractivity contribution < 1.29 is 14.3 Å². The van der Waals surface area contributed by atoms with Gasteiger partial charge in [0, 0.05) is 0 Å². The summed E-state index contributed by atoms with van der Waals surface area (Å²) in [6.45, 7) is 0. The van der Waals surface area contributed by atoms with Crippen molar-refractivity contribution in [2.45, 2.75) is 6.42 Å². The van der Waals surface area contributed by atoms with Gasteiger partial charge in [0.25, 0.3) is 5.91 Å². The number of thiocarbonyl (C=S) groups is 1. The number of nitrogens with zero attached hydrogens (tertiary/aromatic N) is 1. The lowest BCUT2D eigenvalue weighted by molar-refractivity contribution is -0.120. The zero-order valence-corrected chi connectivity index (χ0v) is 11.4. The van der Waals surface area contributed by atoms with Gasteiger partial charge in [0.2, 0.25) is 0 Å². The van der Waals surface area contributed by atoms with Gasteiger partial charge in [0.1, 0.15) is 6.42 Å². The molecule has 1 aromatic carbocycles. The van der Waals surface area contributed by atoms with E-state index in [9.17, 15) is 9.59 Å². The summed E-state index contributed by atoms with van der Waals surface area (Å²) >= 11 is 4.95. The molecule has 3 N–H and O–H groups in total. The first-order valence-electron chi connectivity index (χ1n) is 5.48. The second-order valence-corrected chi connectivity index (χ2v) is 3.91. The molecule has 0 aliphatic carbocycles. The average molecular weight is 292 g/mol. The maximum absolute atomic E-state index is 11.5. The van der Waals surface area contributed by atoms with Crippen molar-refractivity contribution in [2.75, 3.05) is 12.4 Å². The SMILES string of the molecule is COC(=O)c1ccccc1NC(=S)NNC(=O)CC#N. The molecule has 0 fully saturated rings. The van der Waals surface area contributed by atoms with Crippen molar-refractivity contribution in [3.05, 3.63) is 29.8 Å². The van der Waals surface area contributed by atoms with Gasteiger partial charge in [-0.05, 0) is 24.4 Å². The molecule has 0 aliphatic heterocycles. The fourth-order valence-electron chi connectivity index (χ4n) is 1.28. The van der Waals surface area contributed by atoms with Crippen molar-refractivity contribution in [1.82, 2.24) is 10.9 Å². The molecule has 1 amide bonds. The van der Waals surface area contributed by atoms with Crippen LogP contribution in [0.25, 0.3) is 0 Å². The highest BCUT2D eigenvalue weighted by Gasteiger charge is 2.11. The van der Waals surface area contributed by atoms with E-state index in [0.717, 1.165) is 0 Å². The topological polar surface area (TPSA) is 103 Å². The first-order chi connectivity index (χ1) is 9.58. The number of hydrogen-bond donors (Lipinski definition) is 3. The molecule has 20 heavy (non-hydrogen) atoms. The van der Waals surface area contributed by atoms with Gasteiger partial charge in [-0.3, -0.25) is 15.6 Å². The number of esters is 1. The number of carbonyl (C=O) groups excluding carboxylic acids is 2. The van der Waals surface area contributed by atoms with E-state index in [4.69, 9.17) is 17.5 Å². The van der Waals surface area contributed by atoms with Crippen molar-refractivity contribution >= 4 is 34.9 Å². The molecule has 0 unspecified atom stereocenters. The number of carbonyl (C=O) groups is 2. The summed E-state index contributed by atoms with van der Waals surface area (Å²) in [4.78, 5) is 22.6. The molecule has 1 rings (SSSR count). The minimum atomic E-state index is -0.516. The van der Waals surface area contributed by atoms with Crippen LogP contribution >= 0.6 is 12.2 Å². The van der Waals surface area contributed by atoms with Gasteiger partial charge in [-0.15, -0.1) is 0 Å². The number of amides is 1. The molecule has 0 radical (unpaired) electrons. The van der Waals surface area contributed by atoms with Crippen LogP contribution in [0.3, 0.4) is 0 Å². The number of hydrogen-bond acceptors (Lipinski definition) is 5. The Bertz CT molecular complexity index is 568. The monoisotopic (exact) mass is 292 g/mol. The number of rotatable bonds is 3. The third kappa shape index (κ3) is 4.55. The fourth-order valence-corrected chi connectivity index (χ4v) is 1.44. The van der Waals surface area contributed by atoms with Gasteiger partial charge in [-0.25, -0.2) is 4.79 Å². The van der Waals surface area contributed by atoms with Gasteiger partial charge in [-0.1, -0.05) is 12.1 Å². The number of para-hydroxylation sites is 1. The summed E-state index contributed by atoms with van der Waals surface area (Å²) < 4.78 is 4.64. The molecule has 0 aliphatic rings. The molecule has 0 spiro atoms. The van der Waals surface area contributed by atoms with Gasteiger partial charge in [-0.2, -0.15) is 5.26 Å². The second-order valence-electron chi connectivity index (χ2n) is 3.50. The van der Waals surface area contributed by atoms with Gasteiger partial charge >= 0.3 is 5.97 Å². The normalized spacial score (nSPS) is 9.00. The Labute approximate surface area is 120 Å². The summed E-state index contributed by atoms with van der Waals surface area (Å²) in [7, 11) is 1.28. The fraction of sp³-hybridized carbons (Fsp3) is 0.167. The average Bonchev–Trinajstić information content (AvgIpc) is 2.45. The zero-order valence-electron chi connectivity index (χ0n) is 10.6. The quantitative estimate of drug-likeness (QED) is 0.428. The summed E-state index contributed by atoms with van der Waals surface area (Å²) in [5, 5.41) is 11.1. The first-order valence-corrected chi connectivity index (χ1v) is 5.89. The maximum Gasteiger partial charge on any atom is 0.339 e. The molecule has 0 aromatic heterocycles. The van der Waals surface area contributed by atoms with Crippen LogP contribution in [0.15, 0.2) is 24.3 Å². The zero-order chi connectivity index (χ0) is 15.0. The summed E-state index contributed by atoms with van der Waals surface area (Å²) in [6.07, 6.45) is -0.283. The summed E-state index contributed by atoms with van der Waals surface area (Å²) in [5.41, 5.74) is 5.40. The molecule has 0 heterocycles. The Hall–Kier alpha value is -2.66. The highest BCUT2D eigenvalue weighted by Crippen LogP contribution is 2.15. The molecular weight excluding hydrogens is 280 g/mol. The molecule has 8 heteroatoms. The van der Waals surface area contributed by atoms with Crippen molar-refractivity contribution in [3.63, 3.8) is 0 Å². The van der Waals surface area contributed by atoms with Crippen LogP contribution in [-0.2, 0) is 9.53 Å². The number of methoxy groups -OCH3 is 1. The molecule has 104 valence electrons. The highest BCUT2D eigenvalue weighted by atomic mass is 32.1. The van der Waals surface area contributed by atoms with Crippen LogP contribution in [0.4, 0.5) is 5.69 Å². The van der Waals surface area contributed by atoms with E-state index >= 15 is 0 Å². The summed E-state index contributed by atoms with van der Waals surface area (Å²) in [6, 6.07) is 8.30. The molecule has 0 bridgehead atoms. The number of ether oxygens (including phenoxy) is 1. The lowest BCUT2D eigenvalue weighted by Gasteiger charge is -2.13. The minimum Gasteiger partial charge on any atom is -0.465 e. The number of anilines is 1. The lowest BCUT2D eigenvalue weighted by Crippen LogP contribution is -2.43. The smallest absolute Gasteiger partial charge is 0.339 e. The van der Waals surface area contributed by atoms with Crippen LogP contribution in [0.2, 0.25) is 0 Å². The van der Waals surface area contributed by atoms with Crippen LogP contribution in [0.5, 0.6) is 0 Å². The number of hydrazine groups is 1. The Kier molecular flexibility index (Phi) is 5.93. The van der Waals surface area contributed by atoms with Crippen molar-refractivity contribution in [3.8, 4) is 6.07 Å². The molecule has 7 nitrogen and oxygen atoms in total. The lowest BCUT2D eigenvalue weighted by atomic mass is 10.2. The summed E-state index contributed by atoms with van der Waals surface area (Å²) in [5.74, 6) is -1.03. The van der Waals surface area contributed by atoms with E-state index in [1.807, 2.05) is 0 Å². The second kappa shape index (κ2) is 7.70. The standard InChI is InChI=1S/C12H12N4O3S/c1-19-11(18)8-4-2-3-5-9(8)14-12(20)16-15-10(17)6-7-13/h2-5H,6H2,1H3,(H,15,17)(H2,14,16,20). The molecule has 0 atom stereocenters. The number of nitrogens with one attached hydrogen (secondary N) is 3. The largest absolute Gasteiger partial charge is 0.465 e. The van der Waals surface area contributed by atoms with Gasteiger partial charge in [0.05, 0.1) is 24.4 Å². The predicted octanol–water partition coefficient (Wildman–Crippen LogP) is 0.704. The van der Waals surface area contributed by atoms with Crippen molar-refractivity contribution in [2.24, 2.45) is 0 Å². The Balaban J connectivity index is 2.65. The molecule has 0 saturated heterocycles. The van der Waals surface area contributed by atoms with Gasteiger partial charge < -0.3 is 10.1 Å². The molecule has 0 saturated carbocycles. The van der Waals surface area contributed by atoms with Crippen molar-refractivity contribution in [1.29, 1.82) is 5.26 Å². The number of nitriles is 1. The molecule has 1 aromatic rings. The van der Waals surface area contributed by atoms with E-state index in [2.05, 4.69) is 20.9 Å². The van der Waals surface area contributed by atoms with Crippen LogP contribution in [-0.4, -0.2) is 24.1 Å². The third-order valence-corrected chi connectivity index (χ3v) is 2.34. The van der Waals surface area contributed by atoms with E-state index in [0.29, 0.717) is 11.3 Å². The van der Waals surface area contributed by atoms with Gasteiger partial charge in [0.15, 0.2) is 5.11 Å². The third-order valence-electron chi connectivity index (χ3n) is 2.14. The first kappa shape index (κ1) is 15.4. The Morgan fingerprint density at radius 3 is 2.70 bits per heavy atom. The highest BCUT2D eigenvalue weighted by molar-refractivity contribution is 7.80. The Morgan fingerprint density at radius 2 is 2.05 bits per heavy atom. The van der Waals surface area contributed by atoms with Crippen LogP contribution in [0, 0.1) is 11.3 Å². The van der Waals surface area contributed by atoms with E-state index in [-0.39, 0.29) is 11.5 Å². The van der Waals surface area contributed by atoms with E-state index < -0.39 is 11.9 Å². The Morgan fingerprint density at radius 1 is 1.35 bits per heavy atom. The minimum absolute atomic E-state index is 0.0765. The van der Waals surface area contributed by atoms with E-state index in [1.165, 1.54) is 7.11 Å². The van der Waals surface area contributed by atoms with Crippen LogP contribution < -0.4 is 16.2 Å². The predicted molar refractivity (Wildman–Crippen MR) is 75.5 cm³/mol. The maximum atomic E-state index is 11.5. The van der Waals surface area contributed by atoms with Crippen LogP contribution in [0.1, 0.15) is 16.8 Å².